The van der Waals surface area contributed by atoms with Gasteiger partial charge in [0.15, 0.2) is 11.5 Å². The molecule has 8 nitrogen and oxygen atoms in total. The lowest BCUT2D eigenvalue weighted by molar-refractivity contribution is -0.135. The number of nitrogens with two attached hydrogens (primary N) is 1. The molecule has 21 heavy (non-hydrogen) atoms. The predicted octanol–water partition coefficient (Wildman–Crippen LogP) is -0.304. The number of nitrogen functional groups attached to an aromatic ring is 1. The summed E-state index contributed by atoms with van der Waals surface area (Å²) in [6.07, 6.45) is -0.216. The number of imidazole rings is 1. The van der Waals surface area contributed by atoms with Crippen LogP contribution in [-0.2, 0) is 11.3 Å². The number of halogens is 1. The lowest BCUT2D eigenvalue weighted by Crippen LogP contribution is -2.49. The van der Waals surface area contributed by atoms with Crippen LogP contribution in [0.2, 0.25) is 0 Å². The highest BCUT2D eigenvalue weighted by Gasteiger charge is 2.36. The van der Waals surface area contributed by atoms with E-state index in [1.54, 1.807) is 6.92 Å². The van der Waals surface area contributed by atoms with Crippen molar-refractivity contribution < 1.29 is 19.3 Å². The van der Waals surface area contributed by atoms with Gasteiger partial charge in [0, 0.05) is 7.11 Å². The van der Waals surface area contributed by atoms with E-state index in [1.807, 2.05) is 0 Å². The molecule has 0 amide bonds. The molecule has 9 heteroatoms. The summed E-state index contributed by atoms with van der Waals surface area (Å²) < 4.78 is 19.9. The highest BCUT2D eigenvalue weighted by molar-refractivity contribution is 5.81. The molecule has 0 aliphatic rings. The van der Waals surface area contributed by atoms with Crippen LogP contribution in [0, 0.1) is 6.08 Å². The van der Waals surface area contributed by atoms with Crippen LogP contribution < -0.4 is 5.73 Å². The molecule has 0 saturated carbocycles. The third kappa shape index (κ3) is 2.67. The first-order chi connectivity index (χ1) is 9.97. The summed E-state index contributed by atoms with van der Waals surface area (Å²) in [4.78, 5) is 11.0. The second-order valence-corrected chi connectivity index (χ2v) is 4.74. The molecule has 116 valence electrons. The Morgan fingerprint density at radius 3 is 2.81 bits per heavy atom. The van der Waals surface area contributed by atoms with E-state index >= 15 is 0 Å². The van der Waals surface area contributed by atoms with Gasteiger partial charge in [-0.3, -0.25) is 0 Å². The molecule has 0 saturated heterocycles. The van der Waals surface area contributed by atoms with Crippen LogP contribution in [0.3, 0.4) is 0 Å². The summed E-state index contributed by atoms with van der Waals surface area (Å²) in [5.74, 6) is -0.0682. The summed E-state index contributed by atoms with van der Waals surface area (Å²) in [5.41, 5.74) is 4.90. The van der Waals surface area contributed by atoms with E-state index in [1.165, 1.54) is 18.0 Å². The van der Waals surface area contributed by atoms with E-state index in [4.69, 9.17) is 10.5 Å². The Kier molecular flexibility index (Phi) is 4.35. The van der Waals surface area contributed by atoms with Gasteiger partial charge in [-0.2, -0.15) is 14.4 Å². The Hall–Kier alpha value is -1.84. The topological polar surface area (TPSA) is 119 Å². The van der Waals surface area contributed by atoms with E-state index in [9.17, 15) is 14.6 Å². The number of methoxy groups -OCH3 is 1. The number of fused-ring (bicyclic) bond motifs is 1. The van der Waals surface area contributed by atoms with Crippen molar-refractivity contribution in [2.45, 2.75) is 31.6 Å². The number of rotatable bonds is 6. The first-order valence-electron chi connectivity index (χ1n) is 6.45. The van der Waals surface area contributed by atoms with Crippen molar-refractivity contribution in [1.29, 1.82) is 0 Å². The van der Waals surface area contributed by atoms with Crippen molar-refractivity contribution in [3.8, 4) is 0 Å². The first kappa shape index (κ1) is 15.5. The van der Waals surface area contributed by atoms with Gasteiger partial charge in [-0.05, 0) is 6.42 Å². The van der Waals surface area contributed by atoms with Gasteiger partial charge in [-0.15, -0.1) is 0 Å². The summed E-state index contributed by atoms with van der Waals surface area (Å²) >= 11 is 0. The molecule has 0 aromatic carbocycles. The van der Waals surface area contributed by atoms with Crippen molar-refractivity contribution >= 4 is 17.0 Å². The molecular weight excluding hydrogens is 281 g/mol. The lowest BCUT2D eigenvalue weighted by atomic mass is 9.94. The fourth-order valence-electron chi connectivity index (χ4n) is 2.22. The Morgan fingerprint density at radius 1 is 1.52 bits per heavy atom. The van der Waals surface area contributed by atoms with Crippen molar-refractivity contribution in [3.63, 3.8) is 0 Å². The minimum Gasteiger partial charge on any atom is -0.393 e. The molecule has 0 bridgehead atoms. The fourth-order valence-corrected chi connectivity index (χ4v) is 2.22. The van der Waals surface area contributed by atoms with Crippen LogP contribution in [-0.4, -0.2) is 55.2 Å². The van der Waals surface area contributed by atoms with E-state index in [2.05, 4.69) is 15.0 Å². The van der Waals surface area contributed by atoms with Crippen LogP contribution in [0.4, 0.5) is 10.2 Å². The zero-order valence-corrected chi connectivity index (χ0v) is 11.8. The molecule has 2 rings (SSSR count). The minimum atomic E-state index is -1.10. The average molecular weight is 299 g/mol. The molecule has 2 atom stereocenters. The zero-order valence-electron chi connectivity index (χ0n) is 11.8. The third-order valence-corrected chi connectivity index (χ3v) is 3.71. The number of ether oxygens (including phenoxy) is 1. The Labute approximate surface area is 120 Å². The van der Waals surface area contributed by atoms with Gasteiger partial charge in [0.2, 0.25) is 0 Å². The number of nitrogens with zero attached hydrogens (tertiary/aromatic N) is 4. The second-order valence-electron chi connectivity index (χ2n) is 4.74. The van der Waals surface area contributed by atoms with Gasteiger partial charge in [-0.25, -0.2) is 4.98 Å². The van der Waals surface area contributed by atoms with Crippen molar-refractivity contribution in [2.75, 3.05) is 19.5 Å². The summed E-state index contributed by atoms with van der Waals surface area (Å²) in [6, 6.07) is 0. The number of aromatic nitrogens is 4. The van der Waals surface area contributed by atoms with Crippen LogP contribution in [0.15, 0.2) is 6.33 Å². The second kappa shape index (κ2) is 5.88. The molecule has 2 aromatic heterocycles. The Morgan fingerprint density at radius 2 is 2.24 bits per heavy atom. The Bertz CT molecular complexity index is 620. The maximum atomic E-state index is 13.3. The van der Waals surface area contributed by atoms with E-state index in [-0.39, 0.29) is 30.1 Å². The molecule has 0 fully saturated rings. The quantitative estimate of drug-likeness (QED) is 0.626. The maximum absolute atomic E-state index is 13.3. The third-order valence-electron chi connectivity index (χ3n) is 3.71. The number of aliphatic hydroxyl groups excluding tert-OH is 2. The van der Waals surface area contributed by atoms with Crippen molar-refractivity contribution in [2.24, 2.45) is 0 Å². The standard InChI is InChI=1S/C12H18FN5O3/c1-3-12(5-19,21-2)7(20)4-18-6-15-8-9(14)16-11(13)17-10(8)18/h6-7,19-20H,3-5H2,1-2H3,(H2,14,16,17)/t7-,12+/m0/s1. The smallest absolute Gasteiger partial charge is 0.312 e. The van der Waals surface area contributed by atoms with Gasteiger partial charge >= 0.3 is 6.08 Å². The van der Waals surface area contributed by atoms with Gasteiger partial charge in [0.05, 0.1) is 19.5 Å². The highest BCUT2D eigenvalue weighted by Crippen LogP contribution is 2.23. The van der Waals surface area contributed by atoms with Gasteiger partial charge in [0.1, 0.15) is 17.2 Å². The number of anilines is 1. The molecule has 0 aliphatic carbocycles. The maximum Gasteiger partial charge on any atom is 0.312 e. The van der Waals surface area contributed by atoms with Gasteiger partial charge in [0.25, 0.3) is 0 Å². The highest BCUT2D eigenvalue weighted by atomic mass is 19.1. The van der Waals surface area contributed by atoms with Gasteiger partial charge in [-0.1, -0.05) is 6.92 Å². The number of hydrogen-bond acceptors (Lipinski definition) is 7. The number of aliphatic hydroxyl groups is 2. The molecule has 2 heterocycles. The van der Waals surface area contributed by atoms with Gasteiger partial charge < -0.3 is 25.3 Å². The average Bonchev–Trinajstić information content (AvgIpc) is 2.85. The van der Waals surface area contributed by atoms with Crippen molar-refractivity contribution in [1.82, 2.24) is 19.5 Å². The van der Waals surface area contributed by atoms with E-state index in [0.29, 0.717) is 6.42 Å². The molecule has 0 spiro atoms. The fraction of sp³-hybridized carbons (Fsp3) is 0.583. The molecule has 0 radical (unpaired) electrons. The lowest BCUT2D eigenvalue weighted by Gasteiger charge is -2.34. The molecule has 4 N–H and O–H groups in total. The van der Waals surface area contributed by atoms with Crippen molar-refractivity contribution in [3.05, 3.63) is 12.4 Å². The van der Waals surface area contributed by atoms with E-state index < -0.39 is 17.8 Å². The predicted molar refractivity (Wildman–Crippen MR) is 72.8 cm³/mol. The minimum absolute atomic E-state index is 0.0225. The Balaban J connectivity index is 2.36. The molecular formula is C12H18FN5O3. The molecule has 0 unspecified atom stereocenters. The zero-order chi connectivity index (χ0) is 15.6. The summed E-state index contributed by atoms with van der Waals surface area (Å²) in [5, 5.41) is 19.8. The van der Waals surface area contributed by atoms with Crippen LogP contribution >= 0.6 is 0 Å². The van der Waals surface area contributed by atoms with Crippen LogP contribution in [0.25, 0.3) is 11.2 Å². The monoisotopic (exact) mass is 299 g/mol. The summed E-state index contributed by atoms with van der Waals surface area (Å²) in [6.45, 7) is 1.46. The SMILES string of the molecule is CC[C@](CO)(OC)[C@@H](O)Cn1cnc2c(N)nc(F)nc21. The number of hydrogen-bond donors (Lipinski definition) is 3. The van der Waals surface area contributed by atoms with Crippen LogP contribution in [0.5, 0.6) is 0 Å². The first-order valence-corrected chi connectivity index (χ1v) is 6.45. The molecule has 2 aromatic rings. The van der Waals surface area contributed by atoms with Crippen LogP contribution in [0.1, 0.15) is 13.3 Å². The normalized spacial score (nSPS) is 16.0. The molecule has 0 aliphatic heterocycles. The summed E-state index contributed by atoms with van der Waals surface area (Å²) in [7, 11) is 1.41. The largest absolute Gasteiger partial charge is 0.393 e. The van der Waals surface area contributed by atoms with E-state index in [0.717, 1.165) is 0 Å².